The van der Waals surface area contributed by atoms with Crippen LogP contribution in [0.2, 0.25) is 0 Å². The highest BCUT2D eigenvalue weighted by Gasteiger charge is 2.13. The average Bonchev–Trinajstić information content (AvgIpc) is 3.14. The standard InChI is InChI=1S/C46H35OP/c1-48(2,47)42-23-18-33(19-24-42)36-20-25-43-40(29-36)16-17-41-30-37(21-26-44(41)43)35-14-9-15-39(28-35)45-27-22-38(32-10-5-3-6-11-32)31-46(45)34-12-7-4-8-13-34/h3-31H,1-2H3. The minimum Gasteiger partial charge on any atom is -0.319 e. The first-order valence-electron chi connectivity index (χ1n) is 16.4. The summed E-state index contributed by atoms with van der Waals surface area (Å²) in [5.41, 5.74) is 12.0. The van der Waals surface area contributed by atoms with Crippen LogP contribution in [0.3, 0.4) is 0 Å². The molecule has 0 spiro atoms. The van der Waals surface area contributed by atoms with Crippen molar-refractivity contribution in [3.63, 3.8) is 0 Å². The SMILES string of the molecule is CP(C)(=O)c1ccc(-c2ccc3c(ccc4cc(-c5cccc(-c6ccc(-c7ccccc7)cc6-c6ccccc6)c5)ccc43)c2)cc1. The van der Waals surface area contributed by atoms with Crippen molar-refractivity contribution in [2.75, 3.05) is 13.3 Å². The number of rotatable bonds is 6. The van der Waals surface area contributed by atoms with Crippen LogP contribution in [-0.4, -0.2) is 13.3 Å². The fourth-order valence-electron chi connectivity index (χ4n) is 6.77. The molecule has 0 atom stereocenters. The molecule has 0 fully saturated rings. The summed E-state index contributed by atoms with van der Waals surface area (Å²) in [5, 5.41) is 5.84. The number of benzene rings is 8. The Kier molecular flexibility index (Phi) is 7.64. The van der Waals surface area contributed by atoms with Crippen molar-refractivity contribution in [1.82, 2.24) is 0 Å². The lowest BCUT2D eigenvalue weighted by atomic mass is 9.89. The van der Waals surface area contributed by atoms with Gasteiger partial charge < -0.3 is 4.57 Å². The van der Waals surface area contributed by atoms with Crippen LogP contribution < -0.4 is 5.30 Å². The Morgan fingerprint density at radius 1 is 0.333 bits per heavy atom. The van der Waals surface area contributed by atoms with Crippen molar-refractivity contribution in [1.29, 1.82) is 0 Å². The largest absolute Gasteiger partial charge is 0.319 e. The predicted molar refractivity (Wildman–Crippen MR) is 208 cm³/mol. The fraction of sp³-hybridized carbons (Fsp3) is 0.0435. The molecule has 0 N–H and O–H groups in total. The Labute approximate surface area is 282 Å². The van der Waals surface area contributed by atoms with Crippen molar-refractivity contribution in [2.24, 2.45) is 0 Å². The molecule has 0 radical (unpaired) electrons. The molecule has 8 aromatic carbocycles. The van der Waals surface area contributed by atoms with Gasteiger partial charge in [0, 0.05) is 5.30 Å². The molecule has 2 heteroatoms. The molecule has 0 saturated heterocycles. The summed E-state index contributed by atoms with van der Waals surface area (Å²) in [6, 6.07) is 63.1. The molecule has 0 aromatic heterocycles. The van der Waals surface area contributed by atoms with E-state index in [1.165, 1.54) is 66.1 Å². The van der Waals surface area contributed by atoms with Crippen molar-refractivity contribution < 1.29 is 4.57 Å². The second-order valence-electron chi connectivity index (χ2n) is 12.9. The molecule has 8 rings (SSSR count). The summed E-state index contributed by atoms with van der Waals surface area (Å²) < 4.78 is 12.5. The first-order valence-corrected chi connectivity index (χ1v) is 19.0. The van der Waals surface area contributed by atoms with E-state index in [1.807, 2.05) is 25.5 Å². The smallest absolute Gasteiger partial charge is 0.109 e. The van der Waals surface area contributed by atoms with Crippen LogP contribution in [0.1, 0.15) is 0 Å². The highest BCUT2D eigenvalue weighted by Crippen LogP contribution is 2.39. The Morgan fingerprint density at radius 3 is 1.42 bits per heavy atom. The lowest BCUT2D eigenvalue weighted by molar-refractivity contribution is 0.588. The van der Waals surface area contributed by atoms with Gasteiger partial charge in [0.1, 0.15) is 7.14 Å². The van der Waals surface area contributed by atoms with Gasteiger partial charge in [0.05, 0.1) is 0 Å². The number of hydrogen-bond donors (Lipinski definition) is 0. The van der Waals surface area contributed by atoms with Crippen LogP contribution in [0.5, 0.6) is 0 Å². The number of fused-ring (bicyclic) bond motifs is 3. The summed E-state index contributed by atoms with van der Waals surface area (Å²) in [6.45, 7) is 3.63. The first-order chi connectivity index (χ1) is 23.4. The van der Waals surface area contributed by atoms with E-state index in [9.17, 15) is 4.57 Å². The third-order valence-corrected chi connectivity index (χ3v) is 10.9. The first kappa shape index (κ1) is 29.9. The molecule has 0 aliphatic heterocycles. The molecule has 0 amide bonds. The van der Waals surface area contributed by atoms with Crippen LogP contribution in [0.25, 0.3) is 77.2 Å². The maximum absolute atomic E-state index is 12.5. The molecular weight excluding hydrogens is 599 g/mol. The summed E-state index contributed by atoms with van der Waals surface area (Å²) in [6.07, 6.45) is 0. The highest BCUT2D eigenvalue weighted by molar-refractivity contribution is 7.70. The van der Waals surface area contributed by atoms with Gasteiger partial charge in [-0.1, -0.05) is 152 Å². The topological polar surface area (TPSA) is 17.1 Å². The van der Waals surface area contributed by atoms with Gasteiger partial charge in [0.25, 0.3) is 0 Å². The van der Waals surface area contributed by atoms with E-state index >= 15 is 0 Å². The van der Waals surface area contributed by atoms with E-state index in [0.29, 0.717) is 0 Å². The molecule has 0 unspecified atom stereocenters. The summed E-state index contributed by atoms with van der Waals surface area (Å²) in [7, 11) is -2.27. The van der Waals surface area contributed by atoms with Gasteiger partial charge in [-0.05, 0) is 115 Å². The number of hydrogen-bond acceptors (Lipinski definition) is 1. The minimum absolute atomic E-state index is 0.914. The Bertz CT molecular complexity index is 2470. The Morgan fingerprint density at radius 2 is 0.792 bits per heavy atom. The van der Waals surface area contributed by atoms with Gasteiger partial charge in [-0.15, -0.1) is 0 Å². The highest BCUT2D eigenvalue weighted by atomic mass is 31.2. The third-order valence-electron chi connectivity index (χ3n) is 9.38. The Balaban J connectivity index is 1.15. The van der Waals surface area contributed by atoms with E-state index in [-0.39, 0.29) is 0 Å². The lowest BCUT2D eigenvalue weighted by Crippen LogP contribution is -2.01. The zero-order valence-corrected chi connectivity index (χ0v) is 28.0. The van der Waals surface area contributed by atoms with E-state index in [2.05, 4.69) is 164 Å². The molecule has 0 saturated carbocycles. The van der Waals surface area contributed by atoms with Gasteiger partial charge in [0.2, 0.25) is 0 Å². The van der Waals surface area contributed by atoms with Gasteiger partial charge in [-0.25, -0.2) is 0 Å². The molecular formula is C46H35OP. The molecule has 1 nitrogen and oxygen atoms in total. The average molecular weight is 635 g/mol. The van der Waals surface area contributed by atoms with Crippen molar-refractivity contribution in [3.05, 3.63) is 176 Å². The zero-order valence-electron chi connectivity index (χ0n) is 27.1. The van der Waals surface area contributed by atoms with Crippen molar-refractivity contribution >= 4 is 34.0 Å². The fourth-order valence-corrected chi connectivity index (χ4v) is 7.64. The van der Waals surface area contributed by atoms with Gasteiger partial charge in [0.15, 0.2) is 0 Å². The van der Waals surface area contributed by atoms with E-state index in [1.54, 1.807) is 0 Å². The normalized spacial score (nSPS) is 11.6. The van der Waals surface area contributed by atoms with Crippen LogP contribution in [-0.2, 0) is 4.57 Å². The molecule has 48 heavy (non-hydrogen) atoms. The summed E-state index contributed by atoms with van der Waals surface area (Å²) in [5.74, 6) is 0. The molecule has 0 aliphatic carbocycles. The van der Waals surface area contributed by atoms with Gasteiger partial charge in [-0.3, -0.25) is 0 Å². The van der Waals surface area contributed by atoms with Crippen molar-refractivity contribution in [2.45, 2.75) is 0 Å². The monoisotopic (exact) mass is 634 g/mol. The third kappa shape index (κ3) is 5.79. The van der Waals surface area contributed by atoms with E-state index in [0.717, 1.165) is 16.4 Å². The maximum atomic E-state index is 12.5. The second-order valence-corrected chi connectivity index (χ2v) is 16.1. The molecule has 0 bridgehead atoms. The Hall–Kier alpha value is -5.49. The predicted octanol–water partition coefficient (Wildman–Crippen LogP) is 12.6. The lowest BCUT2D eigenvalue weighted by Gasteiger charge is -2.15. The quantitative estimate of drug-likeness (QED) is 0.131. The van der Waals surface area contributed by atoms with E-state index < -0.39 is 7.14 Å². The van der Waals surface area contributed by atoms with Crippen molar-refractivity contribution in [3.8, 4) is 55.6 Å². The molecule has 230 valence electrons. The van der Waals surface area contributed by atoms with Gasteiger partial charge in [-0.2, -0.15) is 0 Å². The second kappa shape index (κ2) is 12.3. The van der Waals surface area contributed by atoms with E-state index in [4.69, 9.17) is 0 Å². The van der Waals surface area contributed by atoms with Gasteiger partial charge >= 0.3 is 0 Å². The minimum atomic E-state index is -2.27. The molecule has 8 aromatic rings. The summed E-state index contributed by atoms with van der Waals surface area (Å²) >= 11 is 0. The molecule has 0 aliphatic rings. The van der Waals surface area contributed by atoms with Crippen LogP contribution in [0.15, 0.2) is 176 Å². The maximum Gasteiger partial charge on any atom is 0.109 e. The molecule has 0 heterocycles. The van der Waals surface area contributed by atoms with Crippen LogP contribution in [0.4, 0.5) is 0 Å². The zero-order chi connectivity index (χ0) is 32.7. The van der Waals surface area contributed by atoms with Crippen LogP contribution in [0, 0.1) is 0 Å². The summed E-state index contributed by atoms with van der Waals surface area (Å²) in [4.78, 5) is 0. The van der Waals surface area contributed by atoms with Crippen LogP contribution >= 0.6 is 7.14 Å².